The van der Waals surface area contributed by atoms with Crippen molar-refractivity contribution >= 4 is 5.97 Å². The van der Waals surface area contributed by atoms with Gasteiger partial charge in [-0.25, -0.2) is 0 Å². The van der Waals surface area contributed by atoms with E-state index in [9.17, 15) is 25.2 Å². The average molecular weight is 841 g/mol. The second-order valence-electron chi connectivity index (χ2n) is 15.5. The van der Waals surface area contributed by atoms with E-state index in [1.807, 2.05) is 0 Å². The van der Waals surface area contributed by atoms with Crippen LogP contribution in [0.3, 0.4) is 0 Å². The Morgan fingerprint density at radius 1 is 0.550 bits per heavy atom. The lowest BCUT2D eigenvalue weighted by atomic mass is 9.99. The van der Waals surface area contributed by atoms with Crippen molar-refractivity contribution in [3.63, 3.8) is 0 Å². The molecule has 0 spiro atoms. The summed E-state index contributed by atoms with van der Waals surface area (Å²) in [7, 11) is 0. The first-order valence-electron chi connectivity index (χ1n) is 23.3. The molecule has 0 aromatic carbocycles. The van der Waals surface area contributed by atoms with E-state index in [2.05, 4.69) is 111 Å². The first-order valence-corrected chi connectivity index (χ1v) is 23.3. The number of carbonyl (C=O) groups excluding carboxylic acids is 1. The summed E-state index contributed by atoms with van der Waals surface area (Å²) >= 11 is 0. The van der Waals surface area contributed by atoms with Crippen molar-refractivity contribution in [2.45, 2.75) is 192 Å². The lowest BCUT2D eigenvalue weighted by molar-refractivity contribution is -0.305. The molecule has 9 nitrogen and oxygen atoms in total. The van der Waals surface area contributed by atoms with E-state index in [1.54, 1.807) is 0 Å². The third kappa shape index (κ3) is 31.9. The molecule has 0 saturated carbocycles. The molecule has 1 saturated heterocycles. The molecule has 1 heterocycles. The minimum Gasteiger partial charge on any atom is -0.457 e. The fourth-order valence-corrected chi connectivity index (χ4v) is 6.35. The second-order valence-corrected chi connectivity index (χ2v) is 15.5. The topological polar surface area (TPSA) is 135 Å². The Morgan fingerprint density at radius 3 is 1.55 bits per heavy atom. The zero-order valence-electron chi connectivity index (χ0n) is 37.4. The number of esters is 1. The van der Waals surface area contributed by atoms with Crippen molar-refractivity contribution in [2.24, 2.45) is 0 Å². The van der Waals surface area contributed by atoms with Gasteiger partial charge in [0, 0.05) is 13.0 Å². The molecule has 60 heavy (non-hydrogen) atoms. The predicted octanol–water partition coefficient (Wildman–Crippen LogP) is 10.8. The van der Waals surface area contributed by atoms with Crippen LogP contribution in [0.1, 0.15) is 155 Å². The second kappa shape index (κ2) is 41.5. The van der Waals surface area contributed by atoms with Crippen LogP contribution in [-0.4, -0.2) is 89.6 Å². The largest absolute Gasteiger partial charge is 0.457 e. The van der Waals surface area contributed by atoms with E-state index in [-0.39, 0.29) is 19.2 Å². The van der Waals surface area contributed by atoms with Crippen LogP contribution in [0.25, 0.3) is 0 Å². The van der Waals surface area contributed by atoms with Crippen LogP contribution in [0.15, 0.2) is 97.2 Å². The summed E-state index contributed by atoms with van der Waals surface area (Å²) in [4.78, 5) is 12.8. The fourth-order valence-electron chi connectivity index (χ4n) is 6.35. The van der Waals surface area contributed by atoms with Gasteiger partial charge in [0.2, 0.25) is 0 Å². The highest BCUT2D eigenvalue weighted by Crippen LogP contribution is 2.22. The van der Waals surface area contributed by atoms with Gasteiger partial charge >= 0.3 is 5.97 Å². The zero-order chi connectivity index (χ0) is 43.6. The summed E-state index contributed by atoms with van der Waals surface area (Å²) in [5.41, 5.74) is 0. The van der Waals surface area contributed by atoms with Gasteiger partial charge in [-0.3, -0.25) is 4.79 Å². The Balaban J connectivity index is 2.29. The zero-order valence-corrected chi connectivity index (χ0v) is 37.4. The minimum atomic E-state index is -1.55. The Kier molecular flexibility index (Phi) is 38.1. The third-order valence-corrected chi connectivity index (χ3v) is 9.98. The Morgan fingerprint density at radius 2 is 1.02 bits per heavy atom. The van der Waals surface area contributed by atoms with Crippen LogP contribution in [0.4, 0.5) is 0 Å². The molecule has 1 aliphatic rings. The van der Waals surface area contributed by atoms with Gasteiger partial charge in [0.1, 0.15) is 30.5 Å². The number of ether oxygens (including phenoxy) is 4. The first-order chi connectivity index (χ1) is 29.4. The van der Waals surface area contributed by atoms with Gasteiger partial charge in [-0.1, -0.05) is 150 Å². The Hall–Kier alpha value is -2.89. The van der Waals surface area contributed by atoms with Gasteiger partial charge in [0.25, 0.3) is 0 Å². The summed E-state index contributed by atoms with van der Waals surface area (Å²) in [6.07, 6.45) is 50.1. The number of carbonyl (C=O) groups is 1. The number of aliphatic hydroxyl groups excluding tert-OH is 4. The number of unbranched alkanes of at least 4 members (excludes halogenated alkanes) is 11. The van der Waals surface area contributed by atoms with Gasteiger partial charge < -0.3 is 39.4 Å². The van der Waals surface area contributed by atoms with Crippen molar-refractivity contribution in [3.8, 4) is 0 Å². The van der Waals surface area contributed by atoms with E-state index in [0.29, 0.717) is 13.0 Å². The minimum absolute atomic E-state index is 0.105. The number of hydrogen-bond donors (Lipinski definition) is 4. The highest BCUT2D eigenvalue weighted by molar-refractivity contribution is 5.69. The van der Waals surface area contributed by atoms with Crippen molar-refractivity contribution in [2.75, 3.05) is 26.4 Å². The van der Waals surface area contributed by atoms with Gasteiger partial charge in [0.05, 0.1) is 19.8 Å². The molecule has 6 unspecified atom stereocenters. The van der Waals surface area contributed by atoms with Crippen molar-refractivity contribution in [3.05, 3.63) is 97.2 Å². The van der Waals surface area contributed by atoms with E-state index < -0.39 is 43.4 Å². The molecule has 1 rings (SSSR count). The molecular weight excluding hydrogens is 757 g/mol. The molecule has 0 bridgehead atoms. The number of rotatable bonds is 38. The fraction of sp³-hybridized carbons (Fsp3) is 0.667. The molecule has 0 amide bonds. The SMILES string of the molecule is CC/C=C\C/C=C\C/C=C\C/C=C\C/C=C\C/C=C\C/C=C\CCCCOCC(COC1OC(CO)C(O)C(O)C1O)OC(=O)CCCCCCC/C=C\CCCCCC. The van der Waals surface area contributed by atoms with Crippen LogP contribution in [0, 0.1) is 0 Å². The molecule has 342 valence electrons. The van der Waals surface area contributed by atoms with Gasteiger partial charge in [-0.2, -0.15) is 0 Å². The summed E-state index contributed by atoms with van der Waals surface area (Å²) in [6, 6.07) is 0. The van der Waals surface area contributed by atoms with Crippen LogP contribution in [0.2, 0.25) is 0 Å². The molecule has 6 atom stereocenters. The highest BCUT2D eigenvalue weighted by Gasteiger charge is 2.44. The lowest BCUT2D eigenvalue weighted by Crippen LogP contribution is -2.59. The highest BCUT2D eigenvalue weighted by atomic mass is 16.7. The lowest BCUT2D eigenvalue weighted by Gasteiger charge is -2.39. The monoisotopic (exact) mass is 841 g/mol. The van der Waals surface area contributed by atoms with Crippen LogP contribution in [0.5, 0.6) is 0 Å². The van der Waals surface area contributed by atoms with Crippen LogP contribution >= 0.6 is 0 Å². The maximum Gasteiger partial charge on any atom is 0.306 e. The van der Waals surface area contributed by atoms with Crippen molar-refractivity contribution in [1.82, 2.24) is 0 Å². The quantitative estimate of drug-likeness (QED) is 0.0272. The van der Waals surface area contributed by atoms with Crippen LogP contribution in [-0.2, 0) is 23.7 Å². The van der Waals surface area contributed by atoms with Gasteiger partial charge in [0.15, 0.2) is 6.29 Å². The van der Waals surface area contributed by atoms with E-state index in [4.69, 9.17) is 18.9 Å². The Bertz CT molecular complexity index is 1230. The molecular formula is C51H84O9. The summed E-state index contributed by atoms with van der Waals surface area (Å²) in [5.74, 6) is -0.343. The molecule has 0 aromatic heterocycles. The standard InChI is InChI=1S/C51H84O9/c1-3-5-7-9-11-13-15-17-18-19-20-21-22-23-24-25-26-27-29-31-33-35-37-39-41-57-43-45(44-58-51-50(56)49(55)48(54)46(42-52)60-51)59-47(53)40-38-36-34-32-30-28-16-14-12-10-8-6-4-2/h5,7,11,13-14,16-18,20-21,23-24,26-27,31,33,45-46,48-52,54-56H,3-4,6,8-10,12,15,19,22,25,28-30,32,34-44H2,1-2H3/b7-5-,13-11-,16-14-,18-17-,21-20-,24-23-,27-26-,33-31-. The van der Waals surface area contributed by atoms with E-state index in [1.165, 1.54) is 32.1 Å². The Labute approximate surface area is 364 Å². The van der Waals surface area contributed by atoms with Gasteiger partial charge in [-0.15, -0.1) is 0 Å². The maximum atomic E-state index is 12.8. The van der Waals surface area contributed by atoms with Crippen molar-refractivity contribution < 1.29 is 44.2 Å². The third-order valence-electron chi connectivity index (χ3n) is 9.98. The molecule has 1 fully saturated rings. The molecule has 0 radical (unpaired) electrons. The van der Waals surface area contributed by atoms with Crippen LogP contribution < -0.4 is 0 Å². The summed E-state index contributed by atoms with van der Waals surface area (Å²) < 4.78 is 22.7. The number of allylic oxidation sites excluding steroid dienone is 16. The van der Waals surface area contributed by atoms with Crippen molar-refractivity contribution in [1.29, 1.82) is 0 Å². The van der Waals surface area contributed by atoms with E-state index in [0.717, 1.165) is 103 Å². The normalized spacial score (nSPS) is 20.9. The molecule has 0 aromatic rings. The molecule has 4 N–H and O–H groups in total. The van der Waals surface area contributed by atoms with Gasteiger partial charge in [-0.05, 0) is 96.3 Å². The van der Waals surface area contributed by atoms with E-state index >= 15 is 0 Å². The summed E-state index contributed by atoms with van der Waals surface area (Å²) in [6.45, 7) is 4.28. The molecule has 9 heteroatoms. The smallest absolute Gasteiger partial charge is 0.306 e. The molecule has 0 aliphatic carbocycles. The number of hydrogen-bond acceptors (Lipinski definition) is 9. The maximum absolute atomic E-state index is 12.8. The summed E-state index contributed by atoms with van der Waals surface area (Å²) in [5, 5.41) is 40.1. The average Bonchev–Trinajstić information content (AvgIpc) is 3.25. The molecule has 1 aliphatic heterocycles. The predicted molar refractivity (Wildman–Crippen MR) is 246 cm³/mol. The number of aliphatic hydroxyl groups is 4. The first kappa shape index (κ1) is 55.1.